The number of aliphatic hydroxyl groups excluding tert-OH is 1. The predicted molar refractivity (Wildman–Crippen MR) is 119 cm³/mol. The molecule has 0 bridgehead atoms. The number of allylic oxidation sites excluding steroid dienone is 4. The summed E-state index contributed by atoms with van der Waals surface area (Å²) in [6.45, 7) is 9.68. The molecule has 1 aromatic carbocycles. The molecule has 0 unspecified atom stereocenters. The summed E-state index contributed by atoms with van der Waals surface area (Å²) < 4.78 is 6.83. The first-order valence-electron chi connectivity index (χ1n) is 10.6. The minimum absolute atomic E-state index is 0.384. The molecule has 3 atom stereocenters. The van der Waals surface area contributed by atoms with Crippen LogP contribution in [0, 0.1) is 12.1 Å². The van der Waals surface area contributed by atoms with Crippen molar-refractivity contribution < 1.29 is 19.7 Å². The van der Waals surface area contributed by atoms with Gasteiger partial charge in [-0.15, -0.1) is 0 Å². The van der Waals surface area contributed by atoms with Crippen molar-refractivity contribution in [1.82, 2.24) is 0 Å². The maximum Gasteiger partial charge on any atom is 0.232 e. The number of fused-ring (bicyclic) bond motifs is 3. The summed E-state index contributed by atoms with van der Waals surface area (Å²) in [6.07, 6.45) is 5.71. The second-order valence-corrected chi connectivity index (χ2v) is 8.89. The van der Waals surface area contributed by atoms with Crippen LogP contribution in [0.5, 0.6) is 5.75 Å². The number of nitrogens with zero attached hydrogens (tertiary/aromatic N) is 1. The standard InChI is InChI=1S/C25H33NO4/c1-16(2)10-8-11-17(3)12-9-15-25(5,28)24-22(27)21-19-13-6-7-14-20(19)26(29)18(4)23(21)30-24/h6-7,10,12-14,22,24,27-28H,8-9,11,15H2,1-5H3/b17-12+/t22-,24+,25-/m1/s1. The van der Waals surface area contributed by atoms with Gasteiger partial charge < -0.3 is 20.2 Å². The van der Waals surface area contributed by atoms with Crippen molar-refractivity contribution >= 4 is 10.9 Å². The van der Waals surface area contributed by atoms with Gasteiger partial charge in [0.1, 0.15) is 11.7 Å². The third-order valence-electron chi connectivity index (χ3n) is 5.97. The molecule has 0 aliphatic carbocycles. The van der Waals surface area contributed by atoms with Crippen LogP contribution in [0.25, 0.3) is 10.9 Å². The molecule has 1 aliphatic heterocycles. The number of pyridine rings is 1. The van der Waals surface area contributed by atoms with E-state index in [1.165, 1.54) is 11.1 Å². The number of aliphatic hydroxyl groups is 2. The monoisotopic (exact) mass is 411 g/mol. The first kappa shape index (κ1) is 22.3. The third-order valence-corrected chi connectivity index (χ3v) is 5.97. The first-order valence-corrected chi connectivity index (χ1v) is 10.6. The fraction of sp³-hybridized carbons (Fsp3) is 0.480. The van der Waals surface area contributed by atoms with Gasteiger partial charge in [0.15, 0.2) is 11.9 Å². The number of para-hydroxylation sites is 1. The van der Waals surface area contributed by atoms with Crippen molar-refractivity contribution in [1.29, 1.82) is 0 Å². The summed E-state index contributed by atoms with van der Waals surface area (Å²) in [6, 6.07) is 7.17. The van der Waals surface area contributed by atoms with Crippen LogP contribution >= 0.6 is 0 Å². The molecule has 1 aliphatic rings. The molecule has 0 spiro atoms. The fourth-order valence-electron chi connectivity index (χ4n) is 4.16. The van der Waals surface area contributed by atoms with E-state index in [0.717, 1.165) is 17.6 Å². The van der Waals surface area contributed by atoms with Crippen LogP contribution in [-0.4, -0.2) is 21.9 Å². The number of hydrogen-bond acceptors (Lipinski definition) is 4. The van der Waals surface area contributed by atoms with Gasteiger partial charge in [-0.05, 0) is 59.4 Å². The highest BCUT2D eigenvalue weighted by molar-refractivity contribution is 5.83. The van der Waals surface area contributed by atoms with E-state index in [-0.39, 0.29) is 0 Å². The van der Waals surface area contributed by atoms with Crippen molar-refractivity contribution in [2.75, 3.05) is 0 Å². The molecule has 5 heteroatoms. The Kier molecular flexibility index (Phi) is 6.53. The minimum atomic E-state index is -1.24. The Morgan fingerprint density at radius 3 is 2.60 bits per heavy atom. The van der Waals surface area contributed by atoms with Crippen LogP contribution in [0.2, 0.25) is 0 Å². The maximum absolute atomic E-state index is 12.6. The Morgan fingerprint density at radius 2 is 1.90 bits per heavy atom. The first-order chi connectivity index (χ1) is 14.1. The van der Waals surface area contributed by atoms with Gasteiger partial charge in [-0.2, -0.15) is 4.73 Å². The van der Waals surface area contributed by atoms with Crippen molar-refractivity contribution in [3.63, 3.8) is 0 Å². The van der Waals surface area contributed by atoms with Crippen LogP contribution in [-0.2, 0) is 0 Å². The zero-order valence-electron chi connectivity index (χ0n) is 18.6. The molecule has 30 heavy (non-hydrogen) atoms. The third kappa shape index (κ3) is 4.37. The SMILES string of the molecule is CC(C)=CCC/C(C)=C/CC[C@@](C)(O)[C@H]1Oc2c(c3ccccc3[n+]([O-])c2C)[C@H]1O. The second-order valence-electron chi connectivity index (χ2n) is 8.89. The van der Waals surface area contributed by atoms with Crippen LogP contribution in [0.3, 0.4) is 0 Å². The molecular formula is C25H33NO4. The van der Waals surface area contributed by atoms with E-state index in [1.54, 1.807) is 26.0 Å². The maximum atomic E-state index is 12.6. The average Bonchev–Trinajstić information content (AvgIpc) is 3.04. The Balaban J connectivity index is 1.77. The number of hydrogen-bond donors (Lipinski definition) is 2. The molecule has 2 N–H and O–H groups in total. The summed E-state index contributed by atoms with van der Waals surface area (Å²) in [5.41, 5.74) is 2.85. The van der Waals surface area contributed by atoms with Gasteiger partial charge in [0.05, 0.1) is 5.39 Å². The van der Waals surface area contributed by atoms with E-state index >= 15 is 0 Å². The Hall–Kier alpha value is -2.37. The van der Waals surface area contributed by atoms with Gasteiger partial charge >= 0.3 is 0 Å². The largest absolute Gasteiger partial charge is 0.618 e. The zero-order valence-corrected chi connectivity index (χ0v) is 18.6. The van der Waals surface area contributed by atoms with Crippen molar-refractivity contribution in [2.24, 2.45) is 0 Å². The average molecular weight is 412 g/mol. The molecule has 0 radical (unpaired) electrons. The second kappa shape index (κ2) is 8.78. The van der Waals surface area contributed by atoms with Crippen LogP contribution < -0.4 is 9.47 Å². The molecule has 2 aromatic rings. The van der Waals surface area contributed by atoms with E-state index in [4.69, 9.17) is 4.74 Å². The topological polar surface area (TPSA) is 76.6 Å². The molecule has 0 saturated heterocycles. The molecule has 0 amide bonds. The highest BCUT2D eigenvalue weighted by Gasteiger charge is 2.47. The predicted octanol–water partition coefficient (Wildman–Crippen LogP) is 4.80. The van der Waals surface area contributed by atoms with Crippen LogP contribution in [0.15, 0.2) is 47.6 Å². The van der Waals surface area contributed by atoms with Gasteiger partial charge in [0.25, 0.3) is 0 Å². The van der Waals surface area contributed by atoms with Crippen LogP contribution in [0.1, 0.15) is 70.7 Å². The molecule has 2 heterocycles. The minimum Gasteiger partial charge on any atom is -0.618 e. The summed E-state index contributed by atoms with van der Waals surface area (Å²) in [5.74, 6) is 0.384. The van der Waals surface area contributed by atoms with E-state index < -0.39 is 17.8 Å². The highest BCUT2D eigenvalue weighted by atomic mass is 16.5. The summed E-state index contributed by atoms with van der Waals surface area (Å²) in [4.78, 5) is 0. The van der Waals surface area contributed by atoms with E-state index in [9.17, 15) is 15.4 Å². The van der Waals surface area contributed by atoms with Crippen molar-refractivity contribution in [2.45, 2.75) is 78.1 Å². The van der Waals surface area contributed by atoms with Gasteiger partial charge in [0, 0.05) is 18.6 Å². The van der Waals surface area contributed by atoms with Gasteiger partial charge in [-0.25, -0.2) is 0 Å². The summed E-state index contributed by atoms with van der Waals surface area (Å²) >= 11 is 0. The summed E-state index contributed by atoms with van der Waals surface area (Å²) in [5, 5.41) is 35.5. The van der Waals surface area contributed by atoms with Crippen molar-refractivity contribution in [3.8, 4) is 5.75 Å². The lowest BCUT2D eigenvalue weighted by atomic mass is 9.87. The Morgan fingerprint density at radius 1 is 1.20 bits per heavy atom. The smallest absolute Gasteiger partial charge is 0.232 e. The van der Waals surface area contributed by atoms with Crippen LogP contribution in [0.4, 0.5) is 0 Å². The molecule has 5 nitrogen and oxygen atoms in total. The Labute approximate surface area is 178 Å². The normalized spacial score (nSPS) is 20.6. The van der Waals surface area contributed by atoms with Crippen molar-refractivity contribution in [3.05, 3.63) is 64.0 Å². The Bertz CT molecular complexity index is 986. The molecule has 1 aromatic heterocycles. The molecular weight excluding hydrogens is 378 g/mol. The molecule has 0 fully saturated rings. The number of benzene rings is 1. The van der Waals surface area contributed by atoms with Gasteiger partial charge in [-0.3, -0.25) is 0 Å². The van der Waals surface area contributed by atoms with Gasteiger partial charge in [-0.1, -0.05) is 35.4 Å². The number of rotatable bonds is 7. The fourth-order valence-corrected chi connectivity index (χ4v) is 4.16. The lowest BCUT2D eigenvalue weighted by Crippen LogP contribution is -2.44. The lowest BCUT2D eigenvalue weighted by Gasteiger charge is -2.31. The molecule has 162 valence electrons. The molecule has 0 saturated carbocycles. The molecule has 3 rings (SSSR count). The highest BCUT2D eigenvalue weighted by Crippen LogP contribution is 2.45. The lowest BCUT2D eigenvalue weighted by molar-refractivity contribution is -0.584. The number of ether oxygens (including phenoxy) is 1. The van der Waals surface area contributed by atoms with E-state index in [0.29, 0.717) is 40.8 Å². The number of aromatic nitrogens is 1. The van der Waals surface area contributed by atoms with E-state index in [1.807, 2.05) is 12.1 Å². The van der Waals surface area contributed by atoms with Gasteiger partial charge in [0.2, 0.25) is 11.2 Å². The summed E-state index contributed by atoms with van der Waals surface area (Å²) in [7, 11) is 0. The zero-order chi connectivity index (χ0) is 22.1. The quantitative estimate of drug-likeness (QED) is 0.390. The van der Waals surface area contributed by atoms with E-state index in [2.05, 4.69) is 32.9 Å².